The molecule has 2 aliphatic rings. The summed E-state index contributed by atoms with van der Waals surface area (Å²) in [6.07, 6.45) is 3.18. The Morgan fingerprint density at radius 3 is 2.49 bits per heavy atom. The zero-order chi connectivity index (χ0) is 28.4. The number of amides is 3. The molecule has 2 aromatic carbocycles. The first-order valence-corrected chi connectivity index (χ1v) is 18.2. The summed E-state index contributed by atoms with van der Waals surface area (Å²) in [5.41, 5.74) is 2.69. The van der Waals surface area contributed by atoms with E-state index in [9.17, 15) is 14.4 Å². The van der Waals surface area contributed by atoms with Crippen LogP contribution in [0.5, 0.6) is 0 Å². The Balaban J connectivity index is 1.56. The number of alkyl carbamates (subject to hydrolysis) is 1. The summed E-state index contributed by atoms with van der Waals surface area (Å²) in [7, 11) is -1.85. The second-order valence-corrected chi connectivity index (χ2v) is 18.8. The zero-order valence-electron chi connectivity index (χ0n) is 23.6. The molecule has 3 atom stereocenters. The normalized spacial score (nSPS) is 21.0. The maximum absolute atomic E-state index is 14.1. The second kappa shape index (κ2) is 12.0. The lowest BCUT2D eigenvalue weighted by Crippen LogP contribution is -2.55. The summed E-state index contributed by atoms with van der Waals surface area (Å²) in [5, 5.41) is 6.11. The topological polar surface area (TPSA) is 87.7 Å². The van der Waals surface area contributed by atoms with Gasteiger partial charge in [-0.2, -0.15) is 0 Å². The van der Waals surface area contributed by atoms with Gasteiger partial charge in [0.25, 0.3) is 0 Å². The van der Waals surface area contributed by atoms with Crippen molar-refractivity contribution in [2.24, 2.45) is 0 Å². The van der Waals surface area contributed by atoms with Crippen molar-refractivity contribution in [1.82, 2.24) is 15.5 Å². The molecule has 2 N–H and O–H groups in total. The minimum absolute atomic E-state index is 0.0488. The maximum atomic E-state index is 14.1. The van der Waals surface area contributed by atoms with E-state index in [4.69, 9.17) is 4.74 Å². The van der Waals surface area contributed by atoms with Crippen LogP contribution in [0.1, 0.15) is 56.3 Å². The van der Waals surface area contributed by atoms with Gasteiger partial charge >= 0.3 is 6.09 Å². The van der Waals surface area contributed by atoms with Crippen LogP contribution in [-0.4, -0.2) is 54.7 Å². The van der Waals surface area contributed by atoms with E-state index in [1.807, 2.05) is 36.4 Å². The lowest BCUT2D eigenvalue weighted by atomic mass is 9.87. The Morgan fingerprint density at radius 2 is 1.79 bits per heavy atom. The Morgan fingerprint density at radius 1 is 1.10 bits per heavy atom. The van der Waals surface area contributed by atoms with Crippen LogP contribution in [0.3, 0.4) is 0 Å². The molecule has 39 heavy (non-hydrogen) atoms. The molecular weight excluding hydrogens is 621 g/mol. The van der Waals surface area contributed by atoms with Crippen LogP contribution in [0.2, 0.25) is 19.1 Å². The number of carbonyl (C=O) groups is 3. The highest BCUT2D eigenvalue weighted by molar-refractivity contribution is 14.1. The van der Waals surface area contributed by atoms with Gasteiger partial charge in [-0.1, -0.05) is 49.5 Å². The van der Waals surface area contributed by atoms with Crippen molar-refractivity contribution in [3.8, 4) is 0 Å². The molecule has 3 amide bonds. The monoisotopic (exact) mass is 661 g/mol. The van der Waals surface area contributed by atoms with Crippen molar-refractivity contribution in [2.75, 3.05) is 6.17 Å². The largest absolute Gasteiger partial charge is 0.444 e. The van der Waals surface area contributed by atoms with Crippen LogP contribution in [0.15, 0.2) is 48.5 Å². The Kier molecular flexibility index (Phi) is 9.10. The highest BCUT2D eigenvalue weighted by atomic mass is 127. The summed E-state index contributed by atoms with van der Waals surface area (Å²) < 4.78 is 6.58. The number of aryl methyl sites for hydroxylation is 1. The lowest BCUT2D eigenvalue weighted by Gasteiger charge is -2.32. The quantitative estimate of drug-likeness (QED) is 0.322. The molecular formula is C30H40IN3O4Si. The second-order valence-electron chi connectivity index (χ2n) is 12.5. The van der Waals surface area contributed by atoms with Gasteiger partial charge in [-0.25, -0.2) is 4.79 Å². The van der Waals surface area contributed by atoms with E-state index in [0.717, 1.165) is 28.4 Å². The number of nitrogens with one attached hydrogen (secondary N) is 2. The molecule has 4 rings (SSSR count). The molecule has 1 aliphatic heterocycles. The SMILES string of the molecule is CC(C)(C)OC(=O)NC(Cc1ccc(I)cc1)C(=O)N1C[Si](C)(C)C[C@H]1C(=O)NC1CCCc2ccccc21. The van der Waals surface area contributed by atoms with E-state index in [-0.39, 0.29) is 17.9 Å². The first-order chi connectivity index (χ1) is 18.3. The van der Waals surface area contributed by atoms with Gasteiger partial charge in [-0.3, -0.25) is 9.59 Å². The van der Waals surface area contributed by atoms with Gasteiger partial charge in [0.1, 0.15) is 17.7 Å². The highest BCUT2D eigenvalue weighted by Crippen LogP contribution is 2.32. The number of rotatable bonds is 6. The van der Waals surface area contributed by atoms with Crippen molar-refractivity contribution in [3.63, 3.8) is 0 Å². The number of carbonyl (C=O) groups excluding carboxylic acids is 3. The molecule has 0 radical (unpaired) electrons. The fourth-order valence-corrected chi connectivity index (χ4v) is 8.85. The Labute approximate surface area is 246 Å². The smallest absolute Gasteiger partial charge is 0.408 e. The standard InChI is InChI=1S/C30H40IN3O4Si/c1-30(2,3)38-29(37)33-25(17-20-13-15-22(31)16-14-20)28(36)34-19-39(4,5)18-26(34)27(35)32-24-12-8-10-21-9-6-7-11-23(21)24/h6-7,9,11,13-16,24-26H,8,10,12,17-19H2,1-5H3,(H,32,35)(H,33,37)/t24?,25?,26-/m0/s1. The fourth-order valence-electron chi connectivity index (χ4n) is 5.61. The number of fused-ring (bicyclic) bond motifs is 1. The van der Waals surface area contributed by atoms with Gasteiger partial charge < -0.3 is 20.3 Å². The molecule has 1 aliphatic carbocycles. The van der Waals surface area contributed by atoms with Crippen LogP contribution >= 0.6 is 22.6 Å². The maximum Gasteiger partial charge on any atom is 0.408 e. The molecule has 0 bridgehead atoms. The van der Waals surface area contributed by atoms with Crippen LogP contribution in [0.25, 0.3) is 0 Å². The lowest BCUT2D eigenvalue weighted by molar-refractivity contribution is -0.140. The molecule has 210 valence electrons. The van der Waals surface area contributed by atoms with Crippen LogP contribution in [0, 0.1) is 3.57 Å². The number of hydrogen-bond acceptors (Lipinski definition) is 4. The van der Waals surface area contributed by atoms with Gasteiger partial charge in [0.15, 0.2) is 0 Å². The number of nitrogens with zero attached hydrogens (tertiary/aromatic N) is 1. The first kappa shape index (κ1) is 29.6. The number of hydrogen-bond donors (Lipinski definition) is 2. The summed E-state index contributed by atoms with van der Waals surface area (Å²) in [6.45, 7) is 9.81. The van der Waals surface area contributed by atoms with Gasteiger partial charge in [0.2, 0.25) is 11.8 Å². The van der Waals surface area contributed by atoms with Gasteiger partial charge in [0, 0.05) is 16.2 Å². The number of halogens is 1. The van der Waals surface area contributed by atoms with Crippen molar-refractivity contribution in [1.29, 1.82) is 0 Å². The van der Waals surface area contributed by atoms with E-state index >= 15 is 0 Å². The van der Waals surface area contributed by atoms with Gasteiger partial charge in [0.05, 0.1) is 14.1 Å². The Hall–Kier alpha value is -2.40. The summed E-state index contributed by atoms with van der Waals surface area (Å²) in [4.78, 5) is 42.4. The third kappa shape index (κ3) is 7.84. The molecule has 7 nitrogen and oxygen atoms in total. The van der Waals surface area contributed by atoms with Crippen LogP contribution in [-0.2, 0) is 27.2 Å². The third-order valence-corrected chi connectivity index (χ3v) is 10.7. The minimum atomic E-state index is -1.85. The molecule has 0 aromatic heterocycles. The molecule has 1 saturated heterocycles. The molecule has 1 fully saturated rings. The van der Waals surface area contributed by atoms with Crippen molar-refractivity contribution in [2.45, 2.75) is 89.3 Å². The van der Waals surface area contributed by atoms with Gasteiger partial charge in [-0.05, 0) is 97.5 Å². The summed E-state index contributed by atoms with van der Waals surface area (Å²) in [6, 6.07) is 15.4. The molecule has 1 heterocycles. The number of ether oxygens (including phenoxy) is 1. The number of benzene rings is 2. The minimum Gasteiger partial charge on any atom is -0.444 e. The van der Waals surface area contributed by atoms with Crippen molar-refractivity contribution >= 4 is 48.6 Å². The molecule has 9 heteroatoms. The van der Waals surface area contributed by atoms with Crippen LogP contribution < -0.4 is 10.6 Å². The predicted octanol–water partition coefficient (Wildman–Crippen LogP) is 5.38. The van der Waals surface area contributed by atoms with E-state index < -0.39 is 31.9 Å². The molecule has 0 saturated carbocycles. The molecule has 0 spiro atoms. The van der Waals surface area contributed by atoms with E-state index in [1.165, 1.54) is 11.1 Å². The molecule has 2 unspecified atom stereocenters. The van der Waals surface area contributed by atoms with E-state index in [0.29, 0.717) is 18.6 Å². The third-order valence-electron chi connectivity index (χ3n) is 7.33. The summed E-state index contributed by atoms with van der Waals surface area (Å²) in [5.74, 6) is -0.338. The molecule has 2 aromatic rings. The average molecular weight is 662 g/mol. The summed E-state index contributed by atoms with van der Waals surface area (Å²) >= 11 is 2.24. The average Bonchev–Trinajstić information content (AvgIpc) is 3.19. The fraction of sp³-hybridized carbons (Fsp3) is 0.500. The van der Waals surface area contributed by atoms with E-state index in [1.54, 1.807) is 25.7 Å². The van der Waals surface area contributed by atoms with E-state index in [2.05, 4.69) is 58.5 Å². The first-order valence-electron chi connectivity index (χ1n) is 13.7. The highest BCUT2D eigenvalue weighted by Gasteiger charge is 2.47. The van der Waals surface area contributed by atoms with Crippen molar-refractivity contribution < 1.29 is 19.1 Å². The van der Waals surface area contributed by atoms with Crippen molar-refractivity contribution in [3.05, 3.63) is 68.8 Å². The zero-order valence-corrected chi connectivity index (χ0v) is 26.7. The predicted molar refractivity (Wildman–Crippen MR) is 164 cm³/mol. The van der Waals surface area contributed by atoms with Gasteiger partial charge in [-0.15, -0.1) is 0 Å². The van der Waals surface area contributed by atoms with Crippen LogP contribution in [0.4, 0.5) is 4.79 Å². The Bertz CT molecular complexity index is 1210.